The van der Waals surface area contributed by atoms with Gasteiger partial charge in [0.1, 0.15) is 0 Å². The van der Waals surface area contributed by atoms with Gasteiger partial charge in [0.2, 0.25) is 0 Å². The molecule has 3 rings (SSSR count). The van der Waals surface area contributed by atoms with E-state index in [2.05, 4.69) is 15.4 Å². The van der Waals surface area contributed by atoms with E-state index in [1.165, 1.54) is 0 Å². The number of hydrazine groups is 1. The van der Waals surface area contributed by atoms with Gasteiger partial charge in [-0.15, -0.1) is 0 Å². The SMILES string of the molecule is NNC(c1ccncc1Cl)c1cccc2cnccc12. The standard InChI is InChI=1S/C15H13ClN4/c16-14-9-19-7-5-13(14)15(20-17)12-3-1-2-10-8-18-6-4-11(10)12/h1-9,15,20H,17H2. The summed E-state index contributed by atoms with van der Waals surface area (Å²) in [7, 11) is 0. The minimum atomic E-state index is -0.198. The van der Waals surface area contributed by atoms with Gasteiger partial charge in [-0.3, -0.25) is 15.8 Å². The number of hydrogen-bond donors (Lipinski definition) is 2. The van der Waals surface area contributed by atoms with Gasteiger partial charge < -0.3 is 0 Å². The molecule has 0 bridgehead atoms. The van der Waals surface area contributed by atoms with Crippen molar-refractivity contribution in [2.24, 2.45) is 5.84 Å². The lowest BCUT2D eigenvalue weighted by atomic mass is 9.95. The molecule has 0 aliphatic rings. The number of nitrogens with two attached hydrogens (primary N) is 1. The summed E-state index contributed by atoms with van der Waals surface area (Å²) in [6, 6.07) is 9.68. The molecule has 2 heterocycles. The van der Waals surface area contributed by atoms with Crippen LogP contribution in [0.3, 0.4) is 0 Å². The Bertz CT molecular complexity index is 739. The topological polar surface area (TPSA) is 63.8 Å². The van der Waals surface area contributed by atoms with Crippen LogP contribution in [0.2, 0.25) is 5.02 Å². The average Bonchev–Trinajstić information content (AvgIpc) is 2.50. The molecule has 5 heteroatoms. The van der Waals surface area contributed by atoms with Crippen LogP contribution in [0.1, 0.15) is 17.2 Å². The first-order chi connectivity index (χ1) is 9.81. The molecular weight excluding hydrogens is 272 g/mol. The first-order valence-corrected chi connectivity index (χ1v) is 6.57. The normalized spacial score (nSPS) is 12.5. The number of nitrogens with zero attached hydrogens (tertiary/aromatic N) is 2. The van der Waals surface area contributed by atoms with Gasteiger partial charge in [0.25, 0.3) is 0 Å². The Balaban J connectivity index is 2.20. The molecule has 0 amide bonds. The van der Waals surface area contributed by atoms with Gasteiger partial charge in [-0.2, -0.15) is 0 Å². The second-order valence-corrected chi connectivity index (χ2v) is 4.85. The van der Waals surface area contributed by atoms with Crippen LogP contribution < -0.4 is 11.3 Å². The second-order valence-electron chi connectivity index (χ2n) is 4.44. The maximum Gasteiger partial charge on any atom is 0.0731 e. The molecule has 0 radical (unpaired) electrons. The van der Waals surface area contributed by atoms with E-state index in [1.54, 1.807) is 18.6 Å². The van der Waals surface area contributed by atoms with Crippen LogP contribution in [0, 0.1) is 0 Å². The number of fused-ring (bicyclic) bond motifs is 1. The van der Waals surface area contributed by atoms with Gasteiger partial charge in [0, 0.05) is 30.2 Å². The lowest BCUT2D eigenvalue weighted by Gasteiger charge is -2.19. The highest BCUT2D eigenvalue weighted by Gasteiger charge is 2.17. The zero-order chi connectivity index (χ0) is 13.9. The van der Waals surface area contributed by atoms with Gasteiger partial charge in [-0.25, -0.2) is 5.43 Å². The molecule has 1 aromatic carbocycles. The van der Waals surface area contributed by atoms with E-state index in [4.69, 9.17) is 17.4 Å². The predicted molar refractivity (Wildman–Crippen MR) is 80.2 cm³/mol. The lowest BCUT2D eigenvalue weighted by molar-refractivity contribution is 0.640. The molecule has 3 aromatic rings. The third-order valence-corrected chi connectivity index (χ3v) is 3.62. The molecule has 0 aliphatic carbocycles. The Kier molecular flexibility index (Phi) is 3.60. The molecule has 0 fully saturated rings. The first kappa shape index (κ1) is 13.0. The summed E-state index contributed by atoms with van der Waals surface area (Å²) in [4.78, 5) is 8.15. The van der Waals surface area contributed by atoms with Crippen molar-refractivity contribution < 1.29 is 0 Å². The quantitative estimate of drug-likeness (QED) is 0.573. The largest absolute Gasteiger partial charge is 0.271 e. The van der Waals surface area contributed by atoms with Crippen molar-refractivity contribution in [3.63, 3.8) is 0 Å². The first-order valence-electron chi connectivity index (χ1n) is 6.19. The van der Waals surface area contributed by atoms with Gasteiger partial charge in [-0.1, -0.05) is 29.8 Å². The summed E-state index contributed by atoms with van der Waals surface area (Å²) < 4.78 is 0. The van der Waals surface area contributed by atoms with Gasteiger partial charge in [0.15, 0.2) is 0 Å². The molecule has 3 N–H and O–H groups in total. The third-order valence-electron chi connectivity index (χ3n) is 3.31. The molecule has 1 atom stereocenters. The highest BCUT2D eigenvalue weighted by molar-refractivity contribution is 6.31. The van der Waals surface area contributed by atoms with E-state index >= 15 is 0 Å². The summed E-state index contributed by atoms with van der Waals surface area (Å²) in [5.74, 6) is 5.75. The highest BCUT2D eigenvalue weighted by atomic mass is 35.5. The Morgan fingerprint density at radius 2 is 1.80 bits per heavy atom. The fourth-order valence-corrected chi connectivity index (χ4v) is 2.59. The van der Waals surface area contributed by atoms with Gasteiger partial charge >= 0.3 is 0 Å². The molecule has 0 spiro atoms. The van der Waals surface area contributed by atoms with E-state index in [1.807, 2.05) is 36.5 Å². The van der Waals surface area contributed by atoms with E-state index in [-0.39, 0.29) is 6.04 Å². The maximum atomic E-state index is 6.23. The third kappa shape index (κ3) is 2.25. The molecule has 100 valence electrons. The van der Waals surface area contributed by atoms with Crippen LogP contribution in [0.4, 0.5) is 0 Å². The summed E-state index contributed by atoms with van der Waals surface area (Å²) >= 11 is 6.23. The predicted octanol–water partition coefficient (Wildman–Crippen LogP) is 2.84. The minimum Gasteiger partial charge on any atom is -0.271 e. The number of benzene rings is 1. The fraction of sp³-hybridized carbons (Fsp3) is 0.0667. The van der Waals surface area contributed by atoms with Crippen LogP contribution in [0.15, 0.2) is 55.1 Å². The molecule has 0 saturated heterocycles. The van der Waals surface area contributed by atoms with Crippen molar-refractivity contribution in [2.45, 2.75) is 6.04 Å². The maximum absolute atomic E-state index is 6.23. The molecule has 2 aromatic heterocycles. The average molecular weight is 285 g/mol. The number of pyridine rings is 2. The molecule has 20 heavy (non-hydrogen) atoms. The zero-order valence-electron chi connectivity index (χ0n) is 10.6. The Hall–Kier alpha value is -2.01. The number of aromatic nitrogens is 2. The van der Waals surface area contributed by atoms with E-state index in [0.29, 0.717) is 5.02 Å². The number of rotatable bonds is 3. The van der Waals surface area contributed by atoms with Crippen molar-refractivity contribution in [1.82, 2.24) is 15.4 Å². The molecular formula is C15H13ClN4. The summed E-state index contributed by atoms with van der Waals surface area (Å²) in [5, 5.41) is 2.75. The van der Waals surface area contributed by atoms with Gasteiger partial charge in [-0.05, 0) is 28.6 Å². The van der Waals surface area contributed by atoms with Crippen molar-refractivity contribution in [3.8, 4) is 0 Å². The van der Waals surface area contributed by atoms with Crippen LogP contribution >= 0.6 is 11.6 Å². The van der Waals surface area contributed by atoms with Crippen molar-refractivity contribution in [1.29, 1.82) is 0 Å². The monoisotopic (exact) mass is 284 g/mol. The van der Waals surface area contributed by atoms with Crippen LogP contribution in [-0.4, -0.2) is 9.97 Å². The Morgan fingerprint density at radius 1 is 1.00 bits per heavy atom. The smallest absolute Gasteiger partial charge is 0.0731 e. The second kappa shape index (κ2) is 5.54. The van der Waals surface area contributed by atoms with Crippen LogP contribution in [0.5, 0.6) is 0 Å². The van der Waals surface area contributed by atoms with E-state index in [0.717, 1.165) is 21.9 Å². The summed E-state index contributed by atoms with van der Waals surface area (Å²) in [6.07, 6.45) is 6.93. The van der Waals surface area contributed by atoms with Crippen LogP contribution in [0.25, 0.3) is 10.8 Å². The Labute approximate surface area is 121 Å². The number of hydrogen-bond acceptors (Lipinski definition) is 4. The Morgan fingerprint density at radius 3 is 2.60 bits per heavy atom. The summed E-state index contributed by atoms with van der Waals surface area (Å²) in [6.45, 7) is 0. The lowest BCUT2D eigenvalue weighted by Crippen LogP contribution is -2.29. The number of nitrogens with one attached hydrogen (secondary N) is 1. The van der Waals surface area contributed by atoms with Gasteiger partial charge in [0.05, 0.1) is 11.1 Å². The molecule has 0 saturated carbocycles. The van der Waals surface area contributed by atoms with Crippen molar-refractivity contribution in [2.75, 3.05) is 0 Å². The fourth-order valence-electron chi connectivity index (χ4n) is 2.37. The van der Waals surface area contributed by atoms with Crippen LogP contribution in [-0.2, 0) is 0 Å². The number of halogens is 1. The van der Waals surface area contributed by atoms with Crippen molar-refractivity contribution in [3.05, 3.63) is 71.3 Å². The zero-order valence-corrected chi connectivity index (χ0v) is 11.4. The molecule has 0 aliphatic heterocycles. The molecule has 1 unspecified atom stereocenters. The van der Waals surface area contributed by atoms with E-state index in [9.17, 15) is 0 Å². The minimum absolute atomic E-state index is 0.198. The highest BCUT2D eigenvalue weighted by Crippen LogP contribution is 2.31. The van der Waals surface area contributed by atoms with E-state index < -0.39 is 0 Å². The van der Waals surface area contributed by atoms with Crippen molar-refractivity contribution >= 4 is 22.4 Å². The molecule has 4 nitrogen and oxygen atoms in total. The summed E-state index contributed by atoms with van der Waals surface area (Å²) in [5.41, 5.74) is 4.79.